The van der Waals surface area contributed by atoms with Gasteiger partial charge in [0.05, 0.1) is 18.6 Å². The monoisotopic (exact) mass is 322 g/mol. The summed E-state index contributed by atoms with van der Waals surface area (Å²) in [5.41, 5.74) is 1.78. The van der Waals surface area contributed by atoms with Crippen LogP contribution in [0.25, 0.3) is 11.3 Å². The van der Waals surface area contributed by atoms with Crippen LogP contribution in [-0.2, 0) is 14.3 Å². The zero-order valence-corrected chi connectivity index (χ0v) is 13.2. The Morgan fingerprint density at radius 2 is 2.05 bits per heavy atom. The molecule has 0 aliphatic carbocycles. The molecular formula is C14H14N2O3S2. The van der Waals surface area contributed by atoms with E-state index in [9.17, 15) is 9.59 Å². The molecule has 1 amide bonds. The van der Waals surface area contributed by atoms with Gasteiger partial charge in [-0.15, -0.1) is 23.1 Å². The number of rotatable bonds is 5. The summed E-state index contributed by atoms with van der Waals surface area (Å²) in [6.07, 6.45) is 0. The van der Waals surface area contributed by atoms with Gasteiger partial charge in [0.1, 0.15) is 0 Å². The topological polar surface area (TPSA) is 68.3 Å². The van der Waals surface area contributed by atoms with Crippen molar-refractivity contribution < 1.29 is 14.3 Å². The van der Waals surface area contributed by atoms with Crippen LogP contribution < -0.4 is 5.32 Å². The average Bonchev–Trinajstić information content (AvgIpc) is 2.93. The molecule has 0 unspecified atom stereocenters. The minimum atomic E-state index is -0.247. The number of amides is 1. The maximum absolute atomic E-state index is 11.1. The number of ether oxygens (including phenoxy) is 1. The lowest BCUT2D eigenvalue weighted by Crippen LogP contribution is -2.04. The van der Waals surface area contributed by atoms with Crippen molar-refractivity contribution in [2.75, 3.05) is 18.2 Å². The second-order valence-corrected chi connectivity index (χ2v) is 6.02. The van der Waals surface area contributed by atoms with Gasteiger partial charge >= 0.3 is 5.97 Å². The van der Waals surface area contributed by atoms with E-state index in [1.807, 2.05) is 29.6 Å². The van der Waals surface area contributed by atoms with Crippen LogP contribution in [0.15, 0.2) is 34.5 Å². The Balaban J connectivity index is 2.03. The van der Waals surface area contributed by atoms with Gasteiger partial charge in [0.25, 0.3) is 0 Å². The van der Waals surface area contributed by atoms with E-state index in [0.29, 0.717) is 10.9 Å². The number of thioether (sulfide) groups is 1. The molecular weight excluding hydrogens is 308 g/mol. The van der Waals surface area contributed by atoms with E-state index in [0.717, 1.165) is 16.2 Å². The lowest BCUT2D eigenvalue weighted by atomic mass is 10.2. The number of carbonyl (C=O) groups is 2. The first-order chi connectivity index (χ1) is 10.1. The second-order valence-electron chi connectivity index (χ2n) is 4.11. The van der Waals surface area contributed by atoms with E-state index < -0.39 is 0 Å². The summed E-state index contributed by atoms with van der Waals surface area (Å²) >= 11 is 2.81. The summed E-state index contributed by atoms with van der Waals surface area (Å²) in [5, 5.41) is 5.13. The van der Waals surface area contributed by atoms with Crippen LogP contribution in [0.5, 0.6) is 0 Å². The molecule has 0 saturated carbocycles. The van der Waals surface area contributed by atoms with Gasteiger partial charge < -0.3 is 10.1 Å². The molecule has 0 aliphatic rings. The number of aromatic nitrogens is 1. The number of carbonyl (C=O) groups excluding carboxylic acids is 2. The number of esters is 1. The fraction of sp³-hybridized carbons (Fsp3) is 0.214. The Hall–Kier alpha value is -1.86. The van der Waals surface area contributed by atoms with E-state index in [1.165, 1.54) is 37.1 Å². The lowest BCUT2D eigenvalue weighted by Gasteiger charge is -2.02. The predicted molar refractivity (Wildman–Crippen MR) is 84.6 cm³/mol. The van der Waals surface area contributed by atoms with Gasteiger partial charge in [-0.2, -0.15) is 0 Å². The molecule has 1 N–H and O–H groups in total. The minimum absolute atomic E-state index is 0.134. The van der Waals surface area contributed by atoms with Crippen LogP contribution >= 0.6 is 23.1 Å². The van der Waals surface area contributed by atoms with Gasteiger partial charge in [-0.1, -0.05) is 12.1 Å². The molecule has 0 aliphatic heterocycles. The van der Waals surface area contributed by atoms with Crippen LogP contribution in [0.2, 0.25) is 0 Å². The maximum Gasteiger partial charge on any atom is 0.315 e. The molecule has 0 radical (unpaired) electrons. The third kappa shape index (κ3) is 4.57. The van der Waals surface area contributed by atoms with Gasteiger partial charge in [-0.05, 0) is 12.1 Å². The van der Waals surface area contributed by atoms with Crippen molar-refractivity contribution in [3.8, 4) is 11.3 Å². The Morgan fingerprint density at radius 3 is 2.67 bits per heavy atom. The third-order valence-electron chi connectivity index (χ3n) is 2.52. The highest BCUT2D eigenvalue weighted by Crippen LogP contribution is 2.27. The Labute approximate surface area is 130 Å². The van der Waals surface area contributed by atoms with E-state index >= 15 is 0 Å². The fourth-order valence-electron chi connectivity index (χ4n) is 1.54. The summed E-state index contributed by atoms with van der Waals surface area (Å²) in [6.45, 7) is 1.45. The molecule has 110 valence electrons. The third-order valence-corrected chi connectivity index (χ3v) is 4.26. The van der Waals surface area contributed by atoms with Crippen LogP contribution in [0.4, 0.5) is 5.13 Å². The van der Waals surface area contributed by atoms with Crippen molar-refractivity contribution in [3.05, 3.63) is 29.6 Å². The summed E-state index contributed by atoms with van der Waals surface area (Å²) in [4.78, 5) is 27.4. The first-order valence-corrected chi connectivity index (χ1v) is 7.98. The number of nitrogens with zero attached hydrogens (tertiary/aromatic N) is 1. The van der Waals surface area contributed by atoms with Crippen molar-refractivity contribution in [2.24, 2.45) is 0 Å². The number of benzene rings is 1. The highest BCUT2D eigenvalue weighted by molar-refractivity contribution is 8.00. The molecule has 0 saturated heterocycles. The van der Waals surface area contributed by atoms with Crippen LogP contribution in [0.1, 0.15) is 6.92 Å². The molecule has 0 atom stereocenters. The molecule has 1 aromatic heterocycles. The van der Waals surface area contributed by atoms with Crippen molar-refractivity contribution in [1.82, 2.24) is 4.98 Å². The number of hydrogen-bond donors (Lipinski definition) is 1. The summed E-state index contributed by atoms with van der Waals surface area (Å²) in [7, 11) is 1.38. The molecule has 0 bridgehead atoms. The van der Waals surface area contributed by atoms with Crippen molar-refractivity contribution in [3.63, 3.8) is 0 Å². The SMILES string of the molecule is COC(=O)CSc1ccc(-c2csc(NC(C)=O)n2)cc1. The normalized spacial score (nSPS) is 10.2. The molecule has 1 heterocycles. The van der Waals surface area contributed by atoms with Crippen LogP contribution in [0, 0.1) is 0 Å². The smallest absolute Gasteiger partial charge is 0.315 e. The molecule has 2 aromatic rings. The van der Waals surface area contributed by atoms with E-state index in [2.05, 4.69) is 15.0 Å². The summed E-state index contributed by atoms with van der Waals surface area (Å²) in [6, 6.07) is 7.74. The molecule has 1 aromatic carbocycles. The van der Waals surface area contributed by atoms with E-state index in [-0.39, 0.29) is 11.9 Å². The first kappa shape index (κ1) is 15.5. The molecule has 2 rings (SSSR count). The minimum Gasteiger partial charge on any atom is -0.468 e. The number of hydrogen-bond acceptors (Lipinski definition) is 6. The van der Waals surface area contributed by atoms with E-state index in [4.69, 9.17) is 0 Å². The molecule has 0 spiro atoms. The van der Waals surface area contributed by atoms with Gasteiger partial charge in [-0.3, -0.25) is 9.59 Å². The van der Waals surface area contributed by atoms with Crippen molar-refractivity contribution in [2.45, 2.75) is 11.8 Å². The number of thiazole rings is 1. The number of nitrogens with one attached hydrogen (secondary N) is 1. The lowest BCUT2D eigenvalue weighted by molar-refractivity contribution is -0.137. The first-order valence-electron chi connectivity index (χ1n) is 6.11. The van der Waals surface area contributed by atoms with Gasteiger partial charge in [0, 0.05) is 22.8 Å². The summed E-state index contributed by atoms with van der Waals surface area (Å²) in [5.74, 6) is -0.0897. The average molecular weight is 322 g/mol. The molecule has 0 fully saturated rings. The molecule has 7 heteroatoms. The molecule has 5 nitrogen and oxygen atoms in total. The summed E-state index contributed by atoms with van der Waals surface area (Å²) < 4.78 is 4.60. The number of methoxy groups -OCH3 is 1. The zero-order valence-electron chi connectivity index (χ0n) is 11.6. The maximum atomic E-state index is 11.1. The van der Waals surface area contributed by atoms with Gasteiger partial charge in [-0.25, -0.2) is 4.98 Å². The van der Waals surface area contributed by atoms with Crippen LogP contribution in [0.3, 0.4) is 0 Å². The largest absolute Gasteiger partial charge is 0.468 e. The van der Waals surface area contributed by atoms with Crippen molar-refractivity contribution >= 4 is 40.1 Å². The Bertz CT molecular complexity index is 638. The molecule has 21 heavy (non-hydrogen) atoms. The quantitative estimate of drug-likeness (QED) is 0.677. The Morgan fingerprint density at radius 1 is 1.33 bits per heavy atom. The van der Waals surface area contributed by atoms with Crippen LogP contribution in [-0.4, -0.2) is 29.7 Å². The fourth-order valence-corrected chi connectivity index (χ4v) is 3.03. The van der Waals surface area contributed by atoms with Gasteiger partial charge in [0.15, 0.2) is 5.13 Å². The zero-order chi connectivity index (χ0) is 15.2. The Kier molecular flexibility index (Phi) is 5.35. The standard InChI is InChI=1S/C14H14N2O3S2/c1-9(17)15-14-16-12(7-21-14)10-3-5-11(6-4-10)20-8-13(18)19-2/h3-7H,8H2,1-2H3,(H,15,16,17). The van der Waals surface area contributed by atoms with Crippen molar-refractivity contribution in [1.29, 1.82) is 0 Å². The van der Waals surface area contributed by atoms with E-state index in [1.54, 1.807) is 0 Å². The highest BCUT2D eigenvalue weighted by atomic mass is 32.2. The second kappa shape index (κ2) is 7.24. The van der Waals surface area contributed by atoms with Gasteiger partial charge in [0.2, 0.25) is 5.91 Å². The predicted octanol–water partition coefficient (Wildman–Crippen LogP) is 3.03. The highest BCUT2D eigenvalue weighted by Gasteiger charge is 2.06. The number of anilines is 1.